The molecule has 104 valence electrons. The molecule has 0 saturated carbocycles. The van der Waals surface area contributed by atoms with E-state index in [0.717, 1.165) is 5.56 Å². The van der Waals surface area contributed by atoms with Crippen molar-refractivity contribution in [3.63, 3.8) is 0 Å². The normalized spacial score (nSPS) is 10.5. The molecule has 0 unspecified atom stereocenters. The minimum absolute atomic E-state index is 0.201. The second kappa shape index (κ2) is 5.20. The first-order valence-corrected chi connectivity index (χ1v) is 6.36. The molecule has 0 amide bonds. The summed E-state index contributed by atoms with van der Waals surface area (Å²) >= 11 is 0. The molecule has 1 aromatic heterocycles. The third-order valence-electron chi connectivity index (χ3n) is 3.08. The average molecular weight is 281 g/mol. The Morgan fingerprint density at radius 2 is 1.76 bits per heavy atom. The number of anilines is 1. The summed E-state index contributed by atoms with van der Waals surface area (Å²) in [4.78, 5) is 18.7. The van der Waals surface area contributed by atoms with Crippen LogP contribution in [-0.2, 0) is 0 Å². The average Bonchev–Trinajstić information content (AvgIpc) is 2.48. The molecule has 21 heavy (non-hydrogen) atoms. The number of hydrogen-bond donors (Lipinski definition) is 2. The number of nitrogens with two attached hydrogens (primary N) is 1. The van der Waals surface area contributed by atoms with Crippen LogP contribution >= 0.6 is 0 Å². The Morgan fingerprint density at radius 1 is 1.05 bits per heavy atom. The zero-order valence-electron chi connectivity index (χ0n) is 11.0. The molecule has 3 rings (SSSR count). The first kappa shape index (κ1) is 13.1. The van der Waals surface area contributed by atoms with Gasteiger partial charge in [-0.1, -0.05) is 24.3 Å². The van der Waals surface area contributed by atoms with Crippen molar-refractivity contribution >= 4 is 5.69 Å². The smallest absolute Gasteiger partial charge is 0.251 e. The molecule has 0 aliphatic rings. The lowest BCUT2D eigenvalue weighted by Crippen LogP contribution is -2.09. The highest BCUT2D eigenvalue weighted by atomic mass is 19.1. The van der Waals surface area contributed by atoms with E-state index in [-0.39, 0.29) is 16.9 Å². The molecule has 3 N–H and O–H groups in total. The van der Waals surface area contributed by atoms with Crippen molar-refractivity contribution in [2.45, 2.75) is 0 Å². The predicted octanol–water partition coefficient (Wildman–Crippen LogP) is 2.83. The van der Waals surface area contributed by atoms with E-state index in [1.54, 1.807) is 42.5 Å². The summed E-state index contributed by atoms with van der Waals surface area (Å²) < 4.78 is 13.8. The van der Waals surface area contributed by atoms with Crippen molar-refractivity contribution in [2.24, 2.45) is 0 Å². The second-order valence-electron chi connectivity index (χ2n) is 4.58. The number of nitrogens with zero attached hydrogens (tertiary/aromatic N) is 1. The van der Waals surface area contributed by atoms with Crippen LogP contribution in [0.25, 0.3) is 22.6 Å². The van der Waals surface area contributed by atoms with Crippen molar-refractivity contribution in [1.82, 2.24) is 9.97 Å². The van der Waals surface area contributed by atoms with Gasteiger partial charge in [0.2, 0.25) is 0 Å². The van der Waals surface area contributed by atoms with Gasteiger partial charge in [0.1, 0.15) is 11.6 Å². The van der Waals surface area contributed by atoms with E-state index in [1.807, 2.05) is 0 Å². The summed E-state index contributed by atoms with van der Waals surface area (Å²) in [5.41, 5.74) is 7.39. The highest BCUT2D eigenvalue weighted by molar-refractivity contribution is 5.65. The Kier molecular flexibility index (Phi) is 3.23. The Morgan fingerprint density at radius 3 is 2.48 bits per heavy atom. The first-order valence-electron chi connectivity index (χ1n) is 6.36. The fraction of sp³-hybridized carbons (Fsp3) is 0. The van der Waals surface area contributed by atoms with Gasteiger partial charge in [-0.15, -0.1) is 0 Å². The summed E-state index contributed by atoms with van der Waals surface area (Å²) in [6.07, 6.45) is 0. The van der Waals surface area contributed by atoms with E-state index >= 15 is 0 Å². The highest BCUT2D eigenvalue weighted by Gasteiger charge is 2.09. The van der Waals surface area contributed by atoms with Gasteiger partial charge in [-0.25, -0.2) is 9.37 Å². The highest BCUT2D eigenvalue weighted by Crippen LogP contribution is 2.22. The molecule has 0 aliphatic carbocycles. The topological polar surface area (TPSA) is 71.8 Å². The predicted molar refractivity (Wildman–Crippen MR) is 80.1 cm³/mol. The molecule has 0 aliphatic heterocycles. The molecule has 0 bridgehead atoms. The number of nitrogens with one attached hydrogen (secondary N) is 1. The van der Waals surface area contributed by atoms with Crippen LogP contribution in [0, 0.1) is 5.82 Å². The first-order chi connectivity index (χ1) is 10.1. The SMILES string of the molecule is Nc1ccc(-c2cc(=O)[nH]c(-c3ccccc3F)n2)cc1. The lowest BCUT2D eigenvalue weighted by Gasteiger charge is -2.06. The number of halogens is 1. The monoisotopic (exact) mass is 281 g/mol. The Labute approximate surface area is 120 Å². The van der Waals surface area contributed by atoms with E-state index in [2.05, 4.69) is 9.97 Å². The van der Waals surface area contributed by atoms with Crippen molar-refractivity contribution in [2.75, 3.05) is 5.73 Å². The number of rotatable bonds is 2. The molecule has 0 saturated heterocycles. The van der Waals surface area contributed by atoms with Crippen molar-refractivity contribution < 1.29 is 4.39 Å². The van der Waals surface area contributed by atoms with Crippen LogP contribution in [0.15, 0.2) is 59.4 Å². The van der Waals surface area contributed by atoms with Crippen LogP contribution in [0.3, 0.4) is 0 Å². The van der Waals surface area contributed by atoms with E-state index < -0.39 is 5.82 Å². The van der Waals surface area contributed by atoms with Gasteiger partial charge in [0, 0.05) is 17.3 Å². The Balaban J connectivity index is 2.15. The van der Waals surface area contributed by atoms with Gasteiger partial charge in [0.05, 0.1) is 11.3 Å². The molecular weight excluding hydrogens is 269 g/mol. The molecule has 0 radical (unpaired) electrons. The molecule has 0 spiro atoms. The molecular formula is C16H12FN3O. The third-order valence-corrected chi connectivity index (χ3v) is 3.08. The summed E-state index contributed by atoms with van der Waals surface area (Å²) in [6.45, 7) is 0. The number of aromatic amines is 1. The summed E-state index contributed by atoms with van der Waals surface area (Å²) in [5.74, 6) is -0.234. The number of nitrogen functional groups attached to an aromatic ring is 1. The number of aromatic nitrogens is 2. The van der Waals surface area contributed by atoms with Gasteiger partial charge in [-0.3, -0.25) is 4.79 Å². The number of benzene rings is 2. The van der Waals surface area contributed by atoms with E-state index in [4.69, 9.17) is 5.73 Å². The van der Waals surface area contributed by atoms with Gasteiger partial charge < -0.3 is 10.7 Å². The number of H-pyrrole nitrogens is 1. The maximum Gasteiger partial charge on any atom is 0.251 e. The molecule has 1 heterocycles. The van der Waals surface area contributed by atoms with Gasteiger partial charge in [0.25, 0.3) is 5.56 Å². The molecule has 3 aromatic rings. The maximum atomic E-state index is 13.8. The maximum absolute atomic E-state index is 13.8. The van der Waals surface area contributed by atoms with Crippen LogP contribution in [0.2, 0.25) is 0 Å². The fourth-order valence-corrected chi connectivity index (χ4v) is 2.04. The fourth-order valence-electron chi connectivity index (χ4n) is 2.04. The van der Waals surface area contributed by atoms with Crippen LogP contribution in [0.1, 0.15) is 0 Å². The minimum Gasteiger partial charge on any atom is -0.399 e. The summed E-state index contributed by atoms with van der Waals surface area (Å²) in [7, 11) is 0. The second-order valence-corrected chi connectivity index (χ2v) is 4.58. The van der Waals surface area contributed by atoms with E-state index in [9.17, 15) is 9.18 Å². The zero-order chi connectivity index (χ0) is 14.8. The van der Waals surface area contributed by atoms with E-state index in [1.165, 1.54) is 12.1 Å². The van der Waals surface area contributed by atoms with E-state index in [0.29, 0.717) is 11.4 Å². The molecule has 2 aromatic carbocycles. The Bertz CT molecular complexity index is 841. The van der Waals surface area contributed by atoms with Gasteiger partial charge in [0.15, 0.2) is 0 Å². The van der Waals surface area contributed by atoms with Crippen molar-refractivity contribution in [1.29, 1.82) is 0 Å². The summed E-state index contributed by atoms with van der Waals surface area (Å²) in [5, 5.41) is 0. The number of hydrogen-bond acceptors (Lipinski definition) is 3. The standard InChI is InChI=1S/C16H12FN3O/c17-13-4-2-1-3-12(13)16-19-14(9-15(21)20-16)10-5-7-11(18)8-6-10/h1-9H,18H2,(H,19,20,21). The van der Waals surface area contributed by atoms with Gasteiger partial charge in [-0.05, 0) is 24.3 Å². The molecule has 4 nitrogen and oxygen atoms in total. The zero-order valence-corrected chi connectivity index (χ0v) is 11.0. The third kappa shape index (κ3) is 2.67. The van der Waals surface area contributed by atoms with Crippen LogP contribution in [0.5, 0.6) is 0 Å². The van der Waals surface area contributed by atoms with Crippen LogP contribution in [0.4, 0.5) is 10.1 Å². The van der Waals surface area contributed by atoms with Gasteiger partial charge in [-0.2, -0.15) is 0 Å². The van der Waals surface area contributed by atoms with Crippen LogP contribution in [-0.4, -0.2) is 9.97 Å². The van der Waals surface area contributed by atoms with Crippen molar-refractivity contribution in [3.05, 3.63) is 70.8 Å². The lowest BCUT2D eigenvalue weighted by molar-refractivity contribution is 0.630. The van der Waals surface area contributed by atoms with Crippen LogP contribution < -0.4 is 11.3 Å². The largest absolute Gasteiger partial charge is 0.399 e. The van der Waals surface area contributed by atoms with Crippen molar-refractivity contribution in [3.8, 4) is 22.6 Å². The Hall–Kier alpha value is -2.95. The van der Waals surface area contributed by atoms with Gasteiger partial charge >= 0.3 is 0 Å². The molecule has 5 heteroatoms. The molecule has 0 fully saturated rings. The minimum atomic E-state index is -0.435. The summed E-state index contributed by atoms with van der Waals surface area (Å²) in [6, 6.07) is 14.5. The quantitative estimate of drug-likeness (QED) is 0.709. The molecule has 0 atom stereocenters. The lowest BCUT2D eigenvalue weighted by atomic mass is 10.1.